The highest BCUT2D eigenvalue weighted by atomic mass is 79.9. The van der Waals surface area contributed by atoms with Gasteiger partial charge in [0.2, 0.25) is 0 Å². The van der Waals surface area contributed by atoms with E-state index in [1.54, 1.807) is 0 Å². The number of halogens is 2. The monoisotopic (exact) mass is 305 g/mol. The molecule has 16 heavy (non-hydrogen) atoms. The lowest BCUT2D eigenvalue weighted by atomic mass is 9.79. The van der Waals surface area contributed by atoms with Crippen molar-refractivity contribution < 1.29 is 9.90 Å². The third kappa shape index (κ3) is 2.39. The van der Waals surface area contributed by atoms with Gasteiger partial charge in [-0.25, -0.2) is 0 Å². The Morgan fingerprint density at radius 2 is 2.12 bits per heavy atom. The number of carboxylic acid groups (broad SMARTS) is 1. The van der Waals surface area contributed by atoms with Gasteiger partial charge in [-0.2, -0.15) is 0 Å². The van der Waals surface area contributed by atoms with E-state index in [9.17, 15) is 4.79 Å². The molecule has 0 bridgehead atoms. The first-order valence-corrected chi connectivity index (χ1v) is 5.60. The number of aliphatic carboxylic acids is 1. The summed E-state index contributed by atoms with van der Waals surface area (Å²) in [6, 6.07) is 5.91. The molecule has 0 radical (unpaired) electrons. The van der Waals surface area contributed by atoms with Crippen molar-refractivity contribution in [2.75, 3.05) is 0 Å². The fourth-order valence-corrected chi connectivity index (χ4v) is 2.38. The molecule has 0 aromatic heterocycles. The largest absolute Gasteiger partial charge is 0.480 e. The van der Waals surface area contributed by atoms with E-state index in [1.807, 2.05) is 18.2 Å². The zero-order valence-electron chi connectivity index (χ0n) is 8.57. The Hall–Kier alpha value is -0.580. The predicted molar refractivity (Wildman–Crippen MR) is 68.0 cm³/mol. The van der Waals surface area contributed by atoms with Gasteiger partial charge >= 0.3 is 5.97 Å². The second-order valence-corrected chi connectivity index (χ2v) is 4.97. The first-order chi connectivity index (χ1) is 7.01. The van der Waals surface area contributed by atoms with Crippen molar-refractivity contribution in [1.29, 1.82) is 0 Å². The summed E-state index contributed by atoms with van der Waals surface area (Å²) in [5.41, 5.74) is 7.01. The molecule has 3 N–H and O–H groups in total. The van der Waals surface area contributed by atoms with Gasteiger partial charge in [0.05, 0.1) is 0 Å². The van der Waals surface area contributed by atoms with Gasteiger partial charge in [-0.3, -0.25) is 4.79 Å². The van der Waals surface area contributed by atoms with E-state index in [4.69, 9.17) is 10.8 Å². The molecular weight excluding hydrogens is 293 g/mol. The average molecular weight is 307 g/mol. The highest BCUT2D eigenvalue weighted by Crippen LogP contribution is 2.29. The first kappa shape index (κ1) is 13.5. The van der Waals surface area contributed by atoms with E-state index in [0.29, 0.717) is 12.8 Å². The molecule has 0 fully saturated rings. The molecule has 5 heteroatoms. The zero-order valence-corrected chi connectivity index (χ0v) is 11.0. The number of nitrogens with two attached hydrogens (primary N) is 1. The summed E-state index contributed by atoms with van der Waals surface area (Å²) in [6.07, 6.45) is 1.66. The van der Waals surface area contributed by atoms with Crippen LogP contribution in [0.1, 0.15) is 17.5 Å². The van der Waals surface area contributed by atoms with E-state index in [-0.39, 0.29) is 12.4 Å². The number of benzene rings is 1. The van der Waals surface area contributed by atoms with E-state index in [2.05, 4.69) is 15.9 Å². The van der Waals surface area contributed by atoms with E-state index in [0.717, 1.165) is 16.5 Å². The van der Waals surface area contributed by atoms with Crippen LogP contribution < -0.4 is 5.73 Å². The Morgan fingerprint density at radius 3 is 2.75 bits per heavy atom. The third-order valence-electron chi connectivity index (χ3n) is 2.94. The highest BCUT2D eigenvalue weighted by molar-refractivity contribution is 9.10. The van der Waals surface area contributed by atoms with Crippen LogP contribution in [0.4, 0.5) is 0 Å². The van der Waals surface area contributed by atoms with Gasteiger partial charge in [0.1, 0.15) is 5.54 Å². The molecule has 1 aliphatic rings. The number of rotatable bonds is 1. The summed E-state index contributed by atoms with van der Waals surface area (Å²) in [5.74, 6) is -0.906. The molecule has 1 aromatic rings. The van der Waals surface area contributed by atoms with Crippen LogP contribution in [0, 0.1) is 0 Å². The Kier molecular flexibility index (Phi) is 3.99. The van der Waals surface area contributed by atoms with Crippen molar-refractivity contribution in [3.05, 3.63) is 33.8 Å². The molecule has 2 rings (SSSR count). The molecule has 88 valence electrons. The predicted octanol–water partition coefficient (Wildman–Crippen LogP) is 2.14. The zero-order chi connectivity index (χ0) is 11.1. The molecule has 0 aliphatic heterocycles. The van der Waals surface area contributed by atoms with Crippen LogP contribution in [0.25, 0.3) is 0 Å². The molecule has 1 aliphatic carbocycles. The molecule has 0 saturated carbocycles. The van der Waals surface area contributed by atoms with Gasteiger partial charge in [0.25, 0.3) is 0 Å². The van der Waals surface area contributed by atoms with Crippen LogP contribution in [-0.2, 0) is 17.6 Å². The number of carboxylic acids is 1. The van der Waals surface area contributed by atoms with E-state index >= 15 is 0 Å². The van der Waals surface area contributed by atoms with Crippen molar-refractivity contribution in [2.24, 2.45) is 5.73 Å². The minimum absolute atomic E-state index is 0. The van der Waals surface area contributed by atoms with Crippen LogP contribution >= 0.6 is 28.3 Å². The fourth-order valence-electron chi connectivity index (χ4n) is 1.97. The lowest BCUT2D eigenvalue weighted by Crippen LogP contribution is -2.52. The molecule has 0 amide bonds. The number of hydrogen-bond donors (Lipinski definition) is 2. The topological polar surface area (TPSA) is 63.3 Å². The van der Waals surface area contributed by atoms with Gasteiger partial charge < -0.3 is 10.8 Å². The number of hydrogen-bond acceptors (Lipinski definition) is 2. The maximum Gasteiger partial charge on any atom is 0.324 e. The van der Waals surface area contributed by atoms with Crippen molar-refractivity contribution in [3.8, 4) is 0 Å². The van der Waals surface area contributed by atoms with Crippen LogP contribution in [0.15, 0.2) is 22.7 Å². The Balaban J connectivity index is 0.00000128. The molecule has 0 spiro atoms. The van der Waals surface area contributed by atoms with Crippen LogP contribution in [0.5, 0.6) is 0 Å². The number of fused-ring (bicyclic) bond motifs is 1. The van der Waals surface area contributed by atoms with Crippen molar-refractivity contribution in [1.82, 2.24) is 0 Å². The minimum atomic E-state index is -1.08. The second kappa shape index (κ2) is 4.73. The lowest BCUT2D eigenvalue weighted by molar-refractivity contribution is -0.143. The molecular formula is C11H13BrClNO2. The molecule has 1 aromatic carbocycles. The number of carbonyl (C=O) groups is 1. The van der Waals surface area contributed by atoms with E-state index in [1.165, 1.54) is 5.56 Å². The Bertz CT molecular complexity index is 424. The summed E-state index contributed by atoms with van der Waals surface area (Å²) < 4.78 is 1.03. The van der Waals surface area contributed by atoms with Crippen molar-refractivity contribution >= 4 is 34.3 Å². The third-order valence-corrected chi connectivity index (χ3v) is 3.43. The van der Waals surface area contributed by atoms with E-state index < -0.39 is 11.5 Å². The normalized spacial score (nSPS) is 23.1. The molecule has 3 nitrogen and oxygen atoms in total. The van der Waals surface area contributed by atoms with Crippen LogP contribution in [-0.4, -0.2) is 16.6 Å². The minimum Gasteiger partial charge on any atom is -0.480 e. The molecule has 0 heterocycles. The quantitative estimate of drug-likeness (QED) is 0.835. The highest BCUT2D eigenvalue weighted by Gasteiger charge is 2.37. The van der Waals surface area contributed by atoms with Crippen LogP contribution in [0.2, 0.25) is 0 Å². The summed E-state index contributed by atoms with van der Waals surface area (Å²) >= 11 is 3.40. The smallest absolute Gasteiger partial charge is 0.324 e. The maximum atomic E-state index is 11.0. The summed E-state index contributed by atoms with van der Waals surface area (Å²) in [5, 5.41) is 9.04. The second-order valence-electron chi connectivity index (χ2n) is 4.05. The van der Waals surface area contributed by atoms with Crippen molar-refractivity contribution in [3.63, 3.8) is 0 Å². The Labute approximate surface area is 109 Å². The van der Waals surface area contributed by atoms with Gasteiger partial charge in [-0.1, -0.05) is 22.0 Å². The van der Waals surface area contributed by atoms with Gasteiger partial charge in [0.15, 0.2) is 0 Å². The van der Waals surface area contributed by atoms with Gasteiger partial charge in [-0.05, 0) is 36.1 Å². The lowest BCUT2D eigenvalue weighted by Gasteiger charge is -2.30. The van der Waals surface area contributed by atoms with Gasteiger partial charge in [-0.15, -0.1) is 12.4 Å². The van der Waals surface area contributed by atoms with Crippen LogP contribution in [0.3, 0.4) is 0 Å². The molecule has 1 unspecified atom stereocenters. The molecule has 1 atom stereocenters. The summed E-state index contributed by atoms with van der Waals surface area (Å²) in [7, 11) is 0. The summed E-state index contributed by atoms with van der Waals surface area (Å²) in [6.45, 7) is 0. The van der Waals surface area contributed by atoms with Crippen molar-refractivity contribution in [2.45, 2.75) is 24.8 Å². The van der Waals surface area contributed by atoms with Gasteiger partial charge in [0, 0.05) is 10.9 Å². The standard InChI is InChI=1S/C11H12BrNO2.ClH/c12-9-2-1-8-6-11(13,10(14)15)4-3-7(8)5-9;/h1-2,5H,3-4,6,13H2,(H,14,15);1H. The first-order valence-electron chi connectivity index (χ1n) is 4.81. The SMILES string of the molecule is Cl.NC1(C(=O)O)CCc2cc(Br)ccc2C1. The number of aryl methyl sites for hydroxylation is 1. The Morgan fingerprint density at radius 1 is 1.44 bits per heavy atom. The average Bonchev–Trinajstić information content (AvgIpc) is 2.18. The molecule has 0 saturated heterocycles. The fraction of sp³-hybridized carbons (Fsp3) is 0.364. The maximum absolute atomic E-state index is 11.0. The summed E-state index contributed by atoms with van der Waals surface area (Å²) in [4.78, 5) is 11.0.